The summed E-state index contributed by atoms with van der Waals surface area (Å²) in [5, 5.41) is 11.2. The van der Waals surface area contributed by atoms with Crippen LogP contribution in [0.3, 0.4) is 0 Å². The Kier molecular flexibility index (Phi) is 20.7. The molecule has 0 saturated carbocycles. The van der Waals surface area contributed by atoms with Gasteiger partial charge in [0.05, 0.1) is 0 Å². The Morgan fingerprint density at radius 3 is 1.41 bits per heavy atom. The van der Waals surface area contributed by atoms with Gasteiger partial charge in [-0.2, -0.15) is 0 Å². The first-order valence-corrected chi connectivity index (χ1v) is 18.5. The van der Waals surface area contributed by atoms with E-state index in [1.165, 1.54) is 84.4 Å². The fourth-order valence-electron chi connectivity index (χ4n) is 1.98. The van der Waals surface area contributed by atoms with Gasteiger partial charge in [0.15, 0.2) is 0 Å². The molecule has 0 aliphatic heterocycles. The molecule has 1 rings (SSSR count). The molecular weight excluding hydrogens is 469 g/mol. The van der Waals surface area contributed by atoms with Crippen molar-refractivity contribution in [3.8, 4) is 0 Å². The highest BCUT2D eigenvalue weighted by molar-refractivity contribution is 9.09. The third kappa shape index (κ3) is 17.1. The van der Waals surface area contributed by atoms with Gasteiger partial charge >= 0.3 is 0 Å². The zero-order chi connectivity index (χ0) is 19.4. The Morgan fingerprint density at radius 1 is 0.593 bits per heavy atom. The van der Waals surface area contributed by atoms with Crippen LogP contribution in [0.1, 0.15) is 75.2 Å². The van der Waals surface area contributed by atoms with Crippen molar-refractivity contribution in [2.24, 2.45) is 0 Å². The van der Waals surface area contributed by atoms with E-state index in [1.807, 2.05) is 74.2 Å². The number of rotatable bonds is 20. The van der Waals surface area contributed by atoms with Crippen LogP contribution in [0.4, 0.5) is 0 Å². The van der Waals surface area contributed by atoms with Gasteiger partial charge in [-0.3, -0.25) is 0 Å². The lowest BCUT2D eigenvalue weighted by molar-refractivity contribution is 0.769. The van der Waals surface area contributed by atoms with E-state index in [1.54, 1.807) is 0 Å². The Labute approximate surface area is 194 Å². The van der Waals surface area contributed by atoms with Gasteiger partial charge in [-0.05, 0) is 58.2 Å². The van der Waals surface area contributed by atoms with Crippen LogP contribution >= 0.6 is 74.2 Å². The van der Waals surface area contributed by atoms with Crippen molar-refractivity contribution >= 4 is 74.2 Å². The lowest BCUT2D eigenvalue weighted by atomic mass is 10.3. The predicted molar refractivity (Wildman–Crippen MR) is 141 cm³/mol. The minimum absolute atomic E-state index is 1.10. The second-order valence-electron chi connectivity index (χ2n) is 6.13. The normalized spacial score (nSPS) is 11.3. The molecule has 0 radical (unpaired) electrons. The Bertz CT molecular complexity index is 395. The molecule has 0 aliphatic rings. The van der Waals surface area contributed by atoms with Crippen LogP contribution in [0, 0.1) is 0 Å². The van der Waals surface area contributed by atoms with Crippen LogP contribution in [0.15, 0.2) is 0 Å². The summed E-state index contributed by atoms with van der Waals surface area (Å²) in [6.45, 7) is 4.51. The molecule has 9 heteroatoms. The molecule has 158 valence electrons. The lowest BCUT2D eigenvalue weighted by Gasteiger charge is -2.00. The van der Waals surface area contributed by atoms with Crippen molar-refractivity contribution in [1.29, 1.82) is 0 Å². The van der Waals surface area contributed by atoms with Gasteiger partial charge in [0.2, 0.25) is 0 Å². The van der Waals surface area contributed by atoms with Crippen LogP contribution < -0.4 is 0 Å². The molecule has 0 saturated heterocycles. The average Bonchev–Trinajstić information content (AvgIpc) is 3.13. The van der Waals surface area contributed by atoms with E-state index < -0.39 is 0 Å². The summed E-state index contributed by atoms with van der Waals surface area (Å²) in [6.07, 6.45) is 12.5. The largest absolute Gasteiger partial charge is 0.144 e. The van der Waals surface area contributed by atoms with Crippen molar-refractivity contribution in [2.75, 3.05) is 23.0 Å². The van der Waals surface area contributed by atoms with Crippen LogP contribution in [0.25, 0.3) is 0 Å². The van der Waals surface area contributed by atoms with Crippen molar-refractivity contribution in [3.05, 3.63) is 10.0 Å². The summed E-state index contributed by atoms with van der Waals surface area (Å²) in [5.74, 6) is 5.08. The fraction of sp³-hybridized carbons (Fsp3) is 0.889. The van der Waals surface area contributed by atoms with Crippen molar-refractivity contribution in [2.45, 2.75) is 78.1 Å². The quantitative estimate of drug-likeness (QED) is 0.129. The standard InChI is InChI=1S/C18H34N2S7/c1-3-5-13-21-26-23-15-9-7-11-17-19-20-18(25-17)12-8-10-16-24-27-22-14-6-4-2/h3-16H2,1-2H3. The molecule has 0 amide bonds. The monoisotopic (exact) mass is 502 g/mol. The maximum Gasteiger partial charge on any atom is 0.117 e. The van der Waals surface area contributed by atoms with E-state index in [0.717, 1.165) is 12.8 Å². The summed E-state index contributed by atoms with van der Waals surface area (Å²) in [4.78, 5) is 0. The number of aryl methyl sites for hydroxylation is 2. The molecule has 27 heavy (non-hydrogen) atoms. The van der Waals surface area contributed by atoms with Crippen molar-refractivity contribution < 1.29 is 0 Å². The van der Waals surface area contributed by atoms with Crippen LogP contribution in [-0.2, 0) is 12.8 Å². The lowest BCUT2D eigenvalue weighted by Crippen LogP contribution is -1.86. The van der Waals surface area contributed by atoms with Crippen LogP contribution in [0.5, 0.6) is 0 Å². The van der Waals surface area contributed by atoms with Crippen molar-refractivity contribution in [1.82, 2.24) is 10.2 Å². The number of nitrogens with zero attached hydrogens (tertiary/aromatic N) is 2. The third-order valence-electron chi connectivity index (χ3n) is 3.60. The van der Waals surface area contributed by atoms with Gasteiger partial charge in [-0.25, -0.2) is 0 Å². The maximum absolute atomic E-state index is 4.38. The Balaban J connectivity index is 1.90. The molecule has 1 aromatic rings. The molecule has 0 aliphatic carbocycles. The second-order valence-corrected chi connectivity index (χ2v) is 16.2. The summed E-state index contributed by atoms with van der Waals surface area (Å²) < 4.78 is 0. The minimum atomic E-state index is 1.10. The first kappa shape index (κ1) is 26.7. The molecule has 1 aromatic heterocycles. The molecule has 0 fully saturated rings. The minimum Gasteiger partial charge on any atom is -0.144 e. The van der Waals surface area contributed by atoms with Gasteiger partial charge in [-0.15, -0.1) is 21.5 Å². The Morgan fingerprint density at radius 2 is 1.00 bits per heavy atom. The van der Waals surface area contributed by atoms with E-state index >= 15 is 0 Å². The van der Waals surface area contributed by atoms with Crippen LogP contribution in [-0.4, -0.2) is 33.2 Å². The Hall–Kier alpha value is 1.66. The molecule has 0 N–H and O–H groups in total. The number of aromatic nitrogens is 2. The molecule has 2 nitrogen and oxygen atoms in total. The van der Waals surface area contributed by atoms with Gasteiger partial charge in [0.25, 0.3) is 0 Å². The van der Waals surface area contributed by atoms with Gasteiger partial charge < -0.3 is 0 Å². The first-order valence-electron chi connectivity index (χ1n) is 10.00. The highest BCUT2D eigenvalue weighted by Gasteiger charge is 2.04. The van der Waals surface area contributed by atoms with Crippen LogP contribution in [0.2, 0.25) is 0 Å². The number of hydrogen-bond donors (Lipinski definition) is 0. The topological polar surface area (TPSA) is 25.8 Å². The first-order chi connectivity index (χ1) is 13.4. The molecule has 0 aromatic carbocycles. The second kappa shape index (κ2) is 20.9. The zero-order valence-electron chi connectivity index (χ0n) is 16.7. The predicted octanol–water partition coefficient (Wildman–Crippen LogP) is 8.84. The fourth-order valence-corrected chi connectivity index (χ4v) is 11.1. The zero-order valence-corrected chi connectivity index (χ0v) is 22.4. The van der Waals surface area contributed by atoms with E-state index in [0.29, 0.717) is 0 Å². The van der Waals surface area contributed by atoms with Gasteiger partial charge in [0.1, 0.15) is 10.0 Å². The number of hydrogen-bond acceptors (Lipinski definition) is 9. The molecular formula is C18H34N2S7. The summed E-state index contributed by atoms with van der Waals surface area (Å²) >= 11 is 1.83. The van der Waals surface area contributed by atoms with E-state index in [9.17, 15) is 0 Å². The average molecular weight is 503 g/mol. The third-order valence-corrected chi connectivity index (χ3v) is 13.5. The van der Waals surface area contributed by atoms with Crippen molar-refractivity contribution in [3.63, 3.8) is 0 Å². The SMILES string of the molecule is CCCCSSSCCCCc1nnc(CCCCSSSCCCC)s1. The summed E-state index contributed by atoms with van der Waals surface area (Å²) in [6, 6.07) is 0. The highest BCUT2D eigenvalue weighted by atomic mass is 33.5. The smallest absolute Gasteiger partial charge is 0.117 e. The molecule has 1 heterocycles. The van der Waals surface area contributed by atoms with Gasteiger partial charge in [-0.1, -0.05) is 69.9 Å². The van der Waals surface area contributed by atoms with E-state index in [-0.39, 0.29) is 0 Å². The van der Waals surface area contributed by atoms with Gasteiger partial charge in [0, 0.05) is 35.9 Å². The number of unbranched alkanes of at least 4 members (excludes halogenated alkanes) is 4. The molecule has 0 unspecified atom stereocenters. The molecule has 0 spiro atoms. The van der Waals surface area contributed by atoms with E-state index in [4.69, 9.17) is 0 Å². The van der Waals surface area contributed by atoms with E-state index in [2.05, 4.69) is 24.0 Å². The molecule has 0 bridgehead atoms. The highest BCUT2D eigenvalue weighted by Crippen LogP contribution is 2.36. The maximum atomic E-state index is 4.38. The summed E-state index contributed by atoms with van der Waals surface area (Å²) in [7, 11) is 12.0. The summed E-state index contributed by atoms with van der Waals surface area (Å²) in [5.41, 5.74) is 0. The molecule has 0 atom stereocenters.